The lowest BCUT2D eigenvalue weighted by Gasteiger charge is -2.30. The van der Waals surface area contributed by atoms with Crippen molar-refractivity contribution in [1.29, 1.82) is 0 Å². The van der Waals surface area contributed by atoms with Crippen LogP contribution in [0.5, 0.6) is 5.75 Å². The number of amides is 1. The number of carbonyl (C=O) groups excluding carboxylic acids is 1. The lowest BCUT2D eigenvalue weighted by atomic mass is 9.99. The van der Waals surface area contributed by atoms with E-state index in [4.69, 9.17) is 15.5 Å². The van der Waals surface area contributed by atoms with Crippen LogP contribution in [0.25, 0.3) is 16.9 Å². The van der Waals surface area contributed by atoms with Crippen LogP contribution in [-0.4, -0.2) is 39.9 Å². The second kappa shape index (κ2) is 7.88. The molecule has 7 nitrogen and oxygen atoms in total. The summed E-state index contributed by atoms with van der Waals surface area (Å²) in [4.78, 5) is 21.6. The Balaban J connectivity index is 1.43. The van der Waals surface area contributed by atoms with Crippen LogP contribution in [-0.2, 0) is 24.3 Å². The minimum atomic E-state index is -0.487. The molecule has 2 aromatic heterocycles. The Morgan fingerprint density at radius 1 is 1.12 bits per heavy atom. The molecule has 172 valence electrons. The highest BCUT2D eigenvalue weighted by atomic mass is 16.5. The van der Waals surface area contributed by atoms with Gasteiger partial charge in [-0.2, -0.15) is 0 Å². The molecule has 2 N–H and O–H groups in total. The van der Waals surface area contributed by atoms with E-state index >= 15 is 0 Å². The van der Waals surface area contributed by atoms with Crippen LogP contribution in [0.3, 0.4) is 0 Å². The van der Waals surface area contributed by atoms with Crippen molar-refractivity contribution < 1.29 is 9.53 Å². The number of rotatable bonds is 3. The number of imidazole rings is 1. The Morgan fingerprint density at radius 2 is 1.94 bits per heavy atom. The zero-order valence-corrected chi connectivity index (χ0v) is 19.4. The molecule has 0 saturated heterocycles. The normalized spacial score (nSPS) is 18.0. The number of hydrogen-bond acceptors (Lipinski definition) is 5. The van der Waals surface area contributed by atoms with Crippen LogP contribution in [0.2, 0.25) is 0 Å². The average Bonchev–Trinajstić information content (AvgIpc) is 3.20. The van der Waals surface area contributed by atoms with Crippen molar-refractivity contribution in [2.45, 2.75) is 32.5 Å². The Labute approximate surface area is 198 Å². The summed E-state index contributed by atoms with van der Waals surface area (Å²) in [7, 11) is 1.79. The molecule has 2 aliphatic heterocycles. The molecule has 4 heterocycles. The summed E-state index contributed by atoms with van der Waals surface area (Å²) >= 11 is 0. The Bertz CT molecular complexity index is 1430. The van der Waals surface area contributed by atoms with Gasteiger partial charge in [-0.05, 0) is 54.8 Å². The van der Waals surface area contributed by atoms with Crippen LogP contribution >= 0.6 is 0 Å². The maximum absolute atomic E-state index is 12.5. The summed E-state index contributed by atoms with van der Waals surface area (Å²) in [5.41, 5.74) is 14.2. The largest absolute Gasteiger partial charge is 0.479 e. The second-order valence-electron chi connectivity index (χ2n) is 9.17. The SMILES string of the molecule is CC1Oc2ccc(-c3nc4ccc(N)cn4c3CN3CCc4ccccc4C3)cc2N(C)C1=O. The van der Waals surface area contributed by atoms with E-state index in [2.05, 4.69) is 33.6 Å². The number of likely N-dealkylation sites (N-methyl/N-ethyl adjacent to an activating group) is 1. The van der Waals surface area contributed by atoms with Gasteiger partial charge in [0.2, 0.25) is 0 Å². The van der Waals surface area contributed by atoms with E-state index < -0.39 is 6.10 Å². The number of fused-ring (bicyclic) bond motifs is 3. The van der Waals surface area contributed by atoms with E-state index in [0.717, 1.165) is 54.3 Å². The van der Waals surface area contributed by atoms with Gasteiger partial charge >= 0.3 is 0 Å². The van der Waals surface area contributed by atoms with Gasteiger partial charge in [-0.25, -0.2) is 4.98 Å². The first kappa shape index (κ1) is 20.7. The average molecular weight is 454 g/mol. The topological polar surface area (TPSA) is 76.1 Å². The predicted octanol–water partition coefficient (Wildman–Crippen LogP) is 3.89. The number of anilines is 2. The molecule has 0 radical (unpaired) electrons. The summed E-state index contributed by atoms with van der Waals surface area (Å²) in [5.74, 6) is 0.653. The Hall–Kier alpha value is -3.84. The van der Waals surface area contributed by atoms with Crippen LogP contribution in [0.1, 0.15) is 23.7 Å². The highest BCUT2D eigenvalue weighted by molar-refractivity contribution is 6.00. The standard InChI is InChI=1S/C27H27N5O2/c1-17-27(33)30(2)22-13-19(7-9-24(22)34-17)26-23(32-15-21(28)8-10-25(32)29-26)16-31-12-11-18-5-3-4-6-20(18)14-31/h3-10,13,15,17H,11-12,14,16,28H2,1-2H3. The van der Waals surface area contributed by atoms with Gasteiger partial charge in [-0.3, -0.25) is 9.69 Å². The first-order chi connectivity index (χ1) is 16.5. The first-order valence-corrected chi connectivity index (χ1v) is 11.6. The third-order valence-corrected chi connectivity index (χ3v) is 6.90. The number of nitrogens with two attached hydrogens (primary N) is 1. The van der Waals surface area contributed by atoms with E-state index in [-0.39, 0.29) is 5.91 Å². The molecular weight excluding hydrogens is 426 g/mol. The molecule has 2 aromatic carbocycles. The molecule has 4 aromatic rings. The molecule has 2 aliphatic rings. The lowest BCUT2D eigenvalue weighted by molar-refractivity contribution is -0.125. The monoisotopic (exact) mass is 453 g/mol. The van der Waals surface area contributed by atoms with Gasteiger partial charge in [0.1, 0.15) is 11.4 Å². The van der Waals surface area contributed by atoms with Gasteiger partial charge in [0.25, 0.3) is 5.91 Å². The molecule has 1 atom stereocenters. The number of nitrogens with zero attached hydrogens (tertiary/aromatic N) is 4. The summed E-state index contributed by atoms with van der Waals surface area (Å²) in [6.45, 7) is 4.40. The van der Waals surface area contributed by atoms with Gasteiger partial charge in [-0.1, -0.05) is 24.3 Å². The number of nitrogen functional groups attached to an aromatic ring is 1. The third kappa shape index (κ3) is 3.40. The van der Waals surface area contributed by atoms with Crippen LogP contribution in [0, 0.1) is 0 Å². The first-order valence-electron chi connectivity index (χ1n) is 11.6. The molecule has 6 rings (SSSR count). The molecule has 0 spiro atoms. The van der Waals surface area contributed by atoms with E-state index in [1.54, 1.807) is 18.9 Å². The third-order valence-electron chi connectivity index (χ3n) is 6.90. The molecule has 1 amide bonds. The van der Waals surface area contributed by atoms with Gasteiger partial charge in [0.15, 0.2) is 6.10 Å². The molecule has 0 bridgehead atoms. The van der Waals surface area contributed by atoms with Gasteiger partial charge in [0, 0.05) is 44.1 Å². The highest BCUT2D eigenvalue weighted by Crippen LogP contribution is 2.38. The molecule has 0 fully saturated rings. The van der Waals surface area contributed by atoms with Crippen molar-refractivity contribution in [2.24, 2.45) is 0 Å². The predicted molar refractivity (Wildman–Crippen MR) is 133 cm³/mol. The zero-order valence-electron chi connectivity index (χ0n) is 19.4. The van der Waals surface area contributed by atoms with Crippen molar-refractivity contribution in [2.75, 3.05) is 24.2 Å². The molecule has 7 heteroatoms. The van der Waals surface area contributed by atoms with Crippen LogP contribution in [0.15, 0.2) is 60.8 Å². The van der Waals surface area contributed by atoms with E-state index in [1.165, 1.54) is 11.1 Å². The summed E-state index contributed by atoms with van der Waals surface area (Å²) < 4.78 is 7.92. The number of hydrogen-bond donors (Lipinski definition) is 1. The van der Waals surface area contributed by atoms with Crippen molar-refractivity contribution in [1.82, 2.24) is 14.3 Å². The van der Waals surface area contributed by atoms with E-state index in [1.807, 2.05) is 36.5 Å². The summed E-state index contributed by atoms with van der Waals surface area (Å²) in [5, 5.41) is 0. The van der Waals surface area contributed by atoms with Crippen LogP contribution in [0.4, 0.5) is 11.4 Å². The van der Waals surface area contributed by atoms with Crippen molar-refractivity contribution in [3.05, 3.63) is 77.6 Å². The van der Waals surface area contributed by atoms with Crippen molar-refractivity contribution in [3.63, 3.8) is 0 Å². The number of benzene rings is 2. The van der Waals surface area contributed by atoms with Gasteiger partial charge < -0.3 is 19.8 Å². The molecular formula is C27H27N5O2. The maximum Gasteiger partial charge on any atom is 0.267 e. The molecule has 34 heavy (non-hydrogen) atoms. The minimum Gasteiger partial charge on any atom is -0.479 e. The van der Waals surface area contributed by atoms with E-state index in [9.17, 15) is 4.79 Å². The number of pyridine rings is 1. The van der Waals surface area contributed by atoms with Crippen LogP contribution < -0.4 is 15.4 Å². The number of aromatic nitrogens is 2. The Kier molecular flexibility index (Phi) is 4.81. The summed E-state index contributed by atoms with van der Waals surface area (Å²) in [6, 6.07) is 18.4. The maximum atomic E-state index is 12.5. The lowest BCUT2D eigenvalue weighted by Crippen LogP contribution is -2.41. The fraction of sp³-hybridized carbons (Fsp3) is 0.259. The smallest absolute Gasteiger partial charge is 0.267 e. The van der Waals surface area contributed by atoms with Crippen molar-refractivity contribution >= 4 is 22.9 Å². The number of ether oxygens (including phenoxy) is 1. The second-order valence-corrected chi connectivity index (χ2v) is 9.17. The van der Waals surface area contributed by atoms with Crippen molar-refractivity contribution in [3.8, 4) is 17.0 Å². The zero-order chi connectivity index (χ0) is 23.4. The van der Waals surface area contributed by atoms with Gasteiger partial charge in [0.05, 0.1) is 17.1 Å². The summed E-state index contributed by atoms with van der Waals surface area (Å²) in [6.07, 6.45) is 2.49. The van der Waals surface area contributed by atoms with Gasteiger partial charge in [-0.15, -0.1) is 0 Å². The molecule has 0 aliphatic carbocycles. The number of carbonyl (C=O) groups is 1. The Morgan fingerprint density at radius 3 is 2.79 bits per heavy atom. The minimum absolute atomic E-state index is 0.0559. The fourth-order valence-electron chi connectivity index (χ4n) is 5.05. The molecule has 0 saturated carbocycles. The van der Waals surface area contributed by atoms with E-state index in [0.29, 0.717) is 11.4 Å². The fourth-order valence-corrected chi connectivity index (χ4v) is 5.05. The molecule has 1 unspecified atom stereocenters. The quantitative estimate of drug-likeness (QED) is 0.509. The highest BCUT2D eigenvalue weighted by Gasteiger charge is 2.30.